The van der Waals surface area contributed by atoms with Crippen LogP contribution in [0.25, 0.3) is 0 Å². The number of benzene rings is 2. The smallest absolute Gasteiger partial charge is 0.123 e. The van der Waals surface area contributed by atoms with E-state index in [0.717, 1.165) is 45.7 Å². The summed E-state index contributed by atoms with van der Waals surface area (Å²) in [6.07, 6.45) is 1.10. The Morgan fingerprint density at radius 2 is 1.09 bits per heavy atom. The lowest BCUT2D eigenvalue weighted by atomic mass is 10.1. The van der Waals surface area contributed by atoms with Crippen LogP contribution in [0.5, 0.6) is 0 Å². The lowest BCUT2D eigenvalue weighted by Crippen LogP contribution is -2.45. The first-order valence-corrected chi connectivity index (χ1v) is 8.50. The lowest BCUT2D eigenvalue weighted by molar-refractivity contribution is 0.122. The highest BCUT2D eigenvalue weighted by Gasteiger charge is 2.17. The van der Waals surface area contributed by atoms with Crippen molar-refractivity contribution in [2.24, 2.45) is 0 Å². The quantitative estimate of drug-likeness (QED) is 0.830. The Hall–Kier alpha value is -1.71. The third kappa shape index (κ3) is 4.63. The maximum Gasteiger partial charge on any atom is 0.123 e. The molecule has 2 aromatic rings. The van der Waals surface area contributed by atoms with Crippen molar-refractivity contribution in [2.75, 3.05) is 26.2 Å². The molecule has 0 radical (unpaired) electrons. The van der Waals surface area contributed by atoms with E-state index in [9.17, 15) is 4.39 Å². The van der Waals surface area contributed by atoms with Crippen molar-refractivity contribution >= 4 is 0 Å². The second-order valence-electron chi connectivity index (χ2n) is 6.35. The fourth-order valence-electron chi connectivity index (χ4n) is 3.09. The SMILES string of the molecule is CCc1ccc(CN2CCN(Cc3ccc(F)cc3)CC2)cc1. The van der Waals surface area contributed by atoms with Crippen LogP contribution in [0.15, 0.2) is 48.5 Å². The van der Waals surface area contributed by atoms with Gasteiger partial charge in [0.1, 0.15) is 5.82 Å². The standard InChI is InChI=1S/C20H25FN2/c1-2-17-3-5-18(6-4-17)15-22-11-13-23(14-12-22)16-19-7-9-20(21)10-8-19/h3-10H,2,11-16H2,1H3. The Morgan fingerprint density at radius 1 is 0.696 bits per heavy atom. The Labute approximate surface area is 138 Å². The molecule has 1 saturated heterocycles. The molecular formula is C20H25FN2. The van der Waals surface area contributed by atoms with E-state index in [1.54, 1.807) is 12.1 Å². The summed E-state index contributed by atoms with van der Waals surface area (Å²) in [6.45, 7) is 8.48. The van der Waals surface area contributed by atoms with Gasteiger partial charge in [-0.3, -0.25) is 9.80 Å². The molecule has 1 aliphatic heterocycles. The number of aryl methyl sites for hydroxylation is 1. The van der Waals surface area contributed by atoms with E-state index in [2.05, 4.69) is 41.0 Å². The van der Waals surface area contributed by atoms with Crippen LogP contribution in [0.2, 0.25) is 0 Å². The van der Waals surface area contributed by atoms with Gasteiger partial charge in [-0.25, -0.2) is 4.39 Å². The predicted octanol–water partition coefficient (Wildman–Crippen LogP) is 3.71. The highest BCUT2D eigenvalue weighted by atomic mass is 19.1. The van der Waals surface area contributed by atoms with Crippen molar-refractivity contribution in [3.05, 3.63) is 71.0 Å². The van der Waals surface area contributed by atoms with Crippen molar-refractivity contribution in [1.29, 1.82) is 0 Å². The summed E-state index contributed by atoms with van der Waals surface area (Å²) in [5.74, 6) is -0.160. The normalized spacial score (nSPS) is 16.6. The number of nitrogens with zero attached hydrogens (tertiary/aromatic N) is 2. The Bertz CT molecular complexity index is 599. The molecule has 122 valence electrons. The average Bonchev–Trinajstić information content (AvgIpc) is 2.59. The molecule has 0 N–H and O–H groups in total. The van der Waals surface area contributed by atoms with Crippen molar-refractivity contribution in [3.8, 4) is 0 Å². The molecule has 2 nitrogen and oxygen atoms in total. The number of halogens is 1. The lowest BCUT2D eigenvalue weighted by Gasteiger charge is -2.34. The largest absolute Gasteiger partial charge is 0.297 e. The zero-order valence-electron chi connectivity index (χ0n) is 13.8. The highest BCUT2D eigenvalue weighted by molar-refractivity contribution is 5.22. The molecule has 0 atom stereocenters. The van der Waals surface area contributed by atoms with Gasteiger partial charge in [0.15, 0.2) is 0 Å². The molecule has 1 heterocycles. The summed E-state index contributed by atoms with van der Waals surface area (Å²) in [4.78, 5) is 4.96. The van der Waals surface area contributed by atoms with Gasteiger partial charge in [0.2, 0.25) is 0 Å². The summed E-state index contributed by atoms with van der Waals surface area (Å²) < 4.78 is 13.0. The summed E-state index contributed by atoms with van der Waals surface area (Å²) >= 11 is 0. The minimum atomic E-state index is -0.160. The van der Waals surface area contributed by atoms with Crippen molar-refractivity contribution < 1.29 is 4.39 Å². The van der Waals surface area contributed by atoms with Crippen LogP contribution in [-0.2, 0) is 19.5 Å². The molecule has 2 aromatic carbocycles. The van der Waals surface area contributed by atoms with E-state index >= 15 is 0 Å². The monoisotopic (exact) mass is 312 g/mol. The van der Waals surface area contributed by atoms with Crippen LogP contribution in [0.1, 0.15) is 23.6 Å². The molecule has 0 bridgehead atoms. The van der Waals surface area contributed by atoms with E-state index in [1.165, 1.54) is 16.7 Å². The zero-order valence-corrected chi connectivity index (χ0v) is 13.8. The van der Waals surface area contributed by atoms with E-state index in [-0.39, 0.29) is 5.82 Å². The summed E-state index contributed by atoms with van der Waals surface area (Å²) in [6, 6.07) is 15.8. The van der Waals surface area contributed by atoms with Gasteiger partial charge in [-0.1, -0.05) is 43.3 Å². The minimum absolute atomic E-state index is 0.160. The first kappa shape index (κ1) is 16.2. The fourth-order valence-corrected chi connectivity index (χ4v) is 3.09. The van der Waals surface area contributed by atoms with Gasteiger partial charge in [0.05, 0.1) is 0 Å². The number of hydrogen-bond acceptors (Lipinski definition) is 2. The van der Waals surface area contributed by atoms with Gasteiger partial charge in [-0.15, -0.1) is 0 Å². The van der Waals surface area contributed by atoms with Crippen LogP contribution in [0, 0.1) is 5.82 Å². The van der Waals surface area contributed by atoms with Crippen molar-refractivity contribution in [1.82, 2.24) is 9.80 Å². The summed E-state index contributed by atoms with van der Waals surface area (Å²) in [7, 11) is 0. The Kier molecular flexibility index (Phi) is 5.42. The average molecular weight is 312 g/mol. The van der Waals surface area contributed by atoms with Gasteiger partial charge >= 0.3 is 0 Å². The Balaban J connectivity index is 1.47. The van der Waals surface area contributed by atoms with Crippen LogP contribution in [-0.4, -0.2) is 36.0 Å². The van der Waals surface area contributed by atoms with E-state index in [4.69, 9.17) is 0 Å². The second kappa shape index (κ2) is 7.71. The molecule has 0 spiro atoms. The molecule has 3 heteroatoms. The first-order chi connectivity index (χ1) is 11.2. The van der Waals surface area contributed by atoms with E-state index < -0.39 is 0 Å². The number of piperazine rings is 1. The topological polar surface area (TPSA) is 6.48 Å². The minimum Gasteiger partial charge on any atom is -0.297 e. The molecular weight excluding hydrogens is 287 g/mol. The van der Waals surface area contributed by atoms with Crippen molar-refractivity contribution in [3.63, 3.8) is 0 Å². The maximum absolute atomic E-state index is 13.0. The highest BCUT2D eigenvalue weighted by Crippen LogP contribution is 2.13. The predicted molar refractivity (Wildman–Crippen MR) is 92.8 cm³/mol. The molecule has 0 unspecified atom stereocenters. The zero-order chi connectivity index (χ0) is 16.1. The van der Waals surface area contributed by atoms with Crippen LogP contribution in [0.3, 0.4) is 0 Å². The summed E-state index contributed by atoms with van der Waals surface area (Å²) in [5.41, 5.74) is 3.99. The van der Waals surface area contributed by atoms with E-state index in [0.29, 0.717) is 0 Å². The molecule has 0 aliphatic carbocycles. The second-order valence-corrected chi connectivity index (χ2v) is 6.35. The van der Waals surface area contributed by atoms with Gasteiger partial charge < -0.3 is 0 Å². The molecule has 0 amide bonds. The van der Waals surface area contributed by atoms with Gasteiger partial charge in [-0.05, 0) is 35.2 Å². The third-order valence-corrected chi connectivity index (χ3v) is 4.62. The van der Waals surface area contributed by atoms with Crippen LogP contribution < -0.4 is 0 Å². The first-order valence-electron chi connectivity index (χ1n) is 8.50. The molecule has 1 aliphatic rings. The molecule has 23 heavy (non-hydrogen) atoms. The number of hydrogen-bond donors (Lipinski definition) is 0. The molecule has 3 rings (SSSR count). The fraction of sp³-hybridized carbons (Fsp3) is 0.400. The van der Waals surface area contributed by atoms with Gasteiger partial charge in [0, 0.05) is 39.3 Å². The van der Waals surface area contributed by atoms with E-state index in [1.807, 2.05) is 12.1 Å². The van der Waals surface area contributed by atoms with Gasteiger partial charge in [-0.2, -0.15) is 0 Å². The van der Waals surface area contributed by atoms with Crippen LogP contribution in [0.4, 0.5) is 4.39 Å². The van der Waals surface area contributed by atoms with Gasteiger partial charge in [0.25, 0.3) is 0 Å². The third-order valence-electron chi connectivity index (χ3n) is 4.62. The molecule has 0 aromatic heterocycles. The van der Waals surface area contributed by atoms with Crippen molar-refractivity contribution in [2.45, 2.75) is 26.4 Å². The Morgan fingerprint density at radius 3 is 1.52 bits per heavy atom. The summed E-state index contributed by atoms with van der Waals surface area (Å²) in [5, 5.41) is 0. The molecule has 0 saturated carbocycles. The maximum atomic E-state index is 13.0. The van der Waals surface area contributed by atoms with Crippen LogP contribution >= 0.6 is 0 Å². The molecule has 1 fully saturated rings. The number of rotatable bonds is 5.